The molecule has 0 saturated heterocycles. The molecular weight excluding hydrogens is 350 g/mol. The van der Waals surface area contributed by atoms with E-state index in [9.17, 15) is 4.79 Å². The molecule has 2 aromatic rings. The van der Waals surface area contributed by atoms with E-state index in [4.69, 9.17) is 16.3 Å². The monoisotopic (exact) mass is 373 g/mol. The van der Waals surface area contributed by atoms with Gasteiger partial charge in [-0.25, -0.2) is 0 Å². The molecule has 0 radical (unpaired) electrons. The zero-order valence-corrected chi connectivity index (χ0v) is 15.9. The summed E-state index contributed by atoms with van der Waals surface area (Å²) >= 11 is 6.41. The number of nitrogens with zero attached hydrogens (tertiary/aromatic N) is 2. The number of fused-ring (bicyclic) bond motifs is 1. The number of carbonyl (C=O) groups excluding carboxylic acids is 1. The molecule has 1 aromatic heterocycles. The maximum atomic E-state index is 12.4. The van der Waals surface area contributed by atoms with E-state index in [1.807, 2.05) is 31.2 Å². The molecule has 0 bridgehead atoms. The van der Waals surface area contributed by atoms with Crippen molar-refractivity contribution in [2.24, 2.45) is 0 Å². The topological polar surface area (TPSA) is 56.2 Å². The summed E-state index contributed by atoms with van der Waals surface area (Å²) < 4.78 is 7.43. The molecule has 0 fully saturated rings. The molecule has 5 nitrogen and oxygen atoms in total. The summed E-state index contributed by atoms with van der Waals surface area (Å²) in [6, 6.07) is 7.76. The summed E-state index contributed by atoms with van der Waals surface area (Å²) in [5.74, 6) is 0.688. The number of hydrogen-bond acceptors (Lipinski definition) is 3. The van der Waals surface area contributed by atoms with Crippen LogP contribution in [0.25, 0.3) is 6.08 Å². The summed E-state index contributed by atoms with van der Waals surface area (Å²) in [6.07, 6.45) is 6.13. The number of nitrogens with one attached hydrogen (secondary N) is 1. The first kappa shape index (κ1) is 18.5. The number of hydrogen-bond donors (Lipinski definition) is 1. The number of rotatable bonds is 6. The van der Waals surface area contributed by atoms with E-state index in [1.165, 1.54) is 6.08 Å². The molecule has 2 heterocycles. The van der Waals surface area contributed by atoms with Gasteiger partial charge >= 0.3 is 0 Å². The van der Waals surface area contributed by atoms with E-state index in [2.05, 4.69) is 17.3 Å². The van der Waals surface area contributed by atoms with Crippen LogP contribution in [-0.4, -0.2) is 22.3 Å². The summed E-state index contributed by atoms with van der Waals surface area (Å²) in [6.45, 7) is 5.42. The van der Waals surface area contributed by atoms with Crippen LogP contribution in [0.5, 0.6) is 5.75 Å². The van der Waals surface area contributed by atoms with E-state index >= 15 is 0 Å². The van der Waals surface area contributed by atoms with Gasteiger partial charge in [0.1, 0.15) is 10.9 Å². The van der Waals surface area contributed by atoms with Crippen molar-refractivity contribution in [2.45, 2.75) is 45.7 Å². The number of para-hydroxylation sites is 1. The Kier molecular flexibility index (Phi) is 5.99. The maximum Gasteiger partial charge on any atom is 0.244 e. The van der Waals surface area contributed by atoms with Crippen LogP contribution >= 0.6 is 11.6 Å². The molecule has 26 heavy (non-hydrogen) atoms. The number of aromatic nitrogens is 2. The lowest BCUT2D eigenvalue weighted by Crippen LogP contribution is -2.30. The highest BCUT2D eigenvalue weighted by Gasteiger charge is 2.22. The average Bonchev–Trinajstić information content (AvgIpc) is 2.92. The Hall–Kier alpha value is -2.27. The fraction of sp³-hybridized carbons (Fsp3) is 0.400. The van der Waals surface area contributed by atoms with Gasteiger partial charge in [0.15, 0.2) is 0 Å². The van der Waals surface area contributed by atoms with Crippen LogP contribution in [0.3, 0.4) is 0 Å². The largest absolute Gasteiger partial charge is 0.493 e. The predicted octanol–water partition coefficient (Wildman–Crippen LogP) is 4.30. The van der Waals surface area contributed by atoms with Gasteiger partial charge in [-0.1, -0.05) is 43.1 Å². The van der Waals surface area contributed by atoms with Crippen LogP contribution in [0, 0.1) is 6.92 Å². The zero-order chi connectivity index (χ0) is 18.5. The third-order valence-electron chi connectivity index (χ3n) is 4.51. The van der Waals surface area contributed by atoms with Crippen molar-refractivity contribution in [1.29, 1.82) is 0 Å². The lowest BCUT2D eigenvalue weighted by atomic mass is 10.0. The maximum absolute atomic E-state index is 12.4. The SMILES string of the molecule is CCCCn1nc(C)c(/C=C/C(=O)N[C@H]2CCOc3ccccc32)c1Cl. The molecular formula is C20H24ClN3O2. The van der Waals surface area contributed by atoms with Gasteiger partial charge in [0.05, 0.1) is 18.3 Å². The fourth-order valence-corrected chi connectivity index (χ4v) is 3.41. The number of aryl methyl sites for hydroxylation is 2. The molecule has 0 saturated carbocycles. The fourth-order valence-electron chi connectivity index (χ4n) is 3.08. The van der Waals surface area contributed by atoms with Gasteiger partial charge in [-0.15, -0.1) is 0 Å². The molecule has 6 heteroatoms. The first-order valence-electron chi connectivity index (χ1n) is 9.03. The predicted molar refractivity (Wildman–Crippen MR) is 103 cm³/mol. The number of halogens is 1. The second-order valence-corrected chi connectivity index (χ2v) is 6.79. The molecule has 1 aromatic carbocycles. The molecule has 1 aliphatic rings. The minimum Gasteiger partial charge on any atom is -0.493 e. The van der Waals surface area contributed by atoms with E-state index in [0.29, 0.717) is 11.8 Å². The number of unbranched alkanes of at least 4 members (excludes halogenated alkanes) is 1. The van der Waals surface area contributed by atoms with Crippen LogP contribution < -0.4 is 10.1 Å². The third-order valence-corrected chi connectivity index (χ3v) is 4.91. The molecule has 0 aliphatic carbocycles. The number of carbonyl (C=O) groups is 1. The Morgan fingerprint density at radius 2 is 2.27 bits per heavy atom. The molecule has 138 valence electrons. The van der Waals surface area contributed by atoms with Gasteiger partial charge in [0.2, 0.25) is 5.91 Å². The van der Waals surface area contributed by atoms with Crippen LogP contribution in [0.4, 0.5) is 0 Å². The van der Waals surface area contributed by atoms with Crippen LogP contribution in [0.15, 0.2) is 30.3 Å². The van der Waals surface area contributed by atoms with E-state index in [0.717, 1.165) is 48.4 Å². The number of ether oxygens (including phenoxy) is 1. The Balaban J connectivity index is 1.68. The van der Waals surface area contributed by atoms with Crippen molar-refractivity contribution in [3.05, 3.63) is 52.3 Å². The molecule has 1 amide bonds. The first-order valence-corrected chi connectivity index (χ1v) is 9.41. The van der Waals surface area contributed by atoms with Crippen LogP contribution in [0.1, 0.15) is 49.0 Å². The van der Waals surface area contributed by atoms with Gasteiger partial charge in [-0.05, 0) is 25.5 Å². The standard InChI is InChI=1S/C20H24ClN3O2/c1-3-4-12-24-20(21)15(14(2)23-24)9-10-19(25)22-17-11-13-26-18-8-6-5-7-16(17)18/h5-10,17H,3-4,11-13H2,1-2H3,(H,22,25)/b10-9+/t17-/m0/s1. The first-order chi connectivity index (χ1) is 12.6. The summed E-state index contributed by atoms with van der Waals surface area (Å²) in [5.41, 5.74) is 2.64. The minimum atomic E-state index is -0.150. The van der Waals surface area contributed by atoms with Crippen molar-refractivity contribution >= 4 is 23.6 Å². The van der Waals surface area contributed by atoms with Crippen molar-refractivity contribution < 1.29 is 9.53 Å². The second kappa shape index (κ2) is 8.41. The van der Waals surface area contributed by atoms with Gasteiger partial charge in [0, 0.05) is 30.2 Å². The molecule has 0 spiro atoms. The van der Waals surface area contributed by atoms with E-state index in [1.54, 1.807) is 10.8 Å². The molecule has 1 aliphatic heterocycles. The summed E-state index contributed by atoms with van der Waals surface area (Å²) in [5, 5.41) is 8.09. The Bertz CT molecular complexity index is 813. The Morgan fingerprint density at radius 3 is 3.08 bits per heavy atom. The van der Waals surface area contributed by atoms with Gasteiger partial charge < -0.3 is 10.1 Å². The number of benzene rings is 1. The third kappa shape index (κ3) is 4.10. The smallest absolute Gasteiger partial charge is 0.244 e. The van der Waals surface area contributed by atoms with Gasteiger partial charge in [-0.3, -0.25) is 9.48 Å². The second-order valence-electron chi connectivity index (χ2n) is 6.44. The van der Waals surface area contributed by atoms with Crippen molar-refractivity contribution in [2.75, 3.05) is 6.61 Å². The van der Waals surface area contributed by atoms with Gasteiger partial charge in [0.25, 0.3) is 0 Å². The highest BCUT2D eigenvalue weighted by Crippen LogP contribution is 2.31. The highest BCUT2D eigenvalue weighted by molar-refractivity contribution is 6.31. The molecule has 0 unspecified atom stereocenters. The molecule has 1 atom stereocenters. The number of amides is 1. The Morgan fingerprint density at radius 1 is 1.46 bits per heavy atom. The van der Waals surface area contributed by atoms with Crippen molar-refractivity contribution in [3.63, 3.8) is 0 Å². The van der Waals surface area contributed by atoms with Crippen molar-refractivity contribution in [1.82, 2.24) is 15.1 Å². The highest BCUT2D eigenvalue weighted by atomic mass is 35.5. The molecule has 3 rings (SSSR count). The minimum absolute atomic E-state index is 0.0408. The van der Waals surface area contributed by atoms with Crippen LogP contribution in [-0.2, 0) is 11.3 Å². The average molecular weight is 374 g/mol. The lowest BCUT2D eigenvalue weighted by Gasteiger charge is -2.26. The quantitative estimate of drug-likeness (QED) is 0.768. The zero-order valence-electron chi connectivity index (χ0n) is 15.2. The normalized spacial score (nSPS) is 16.3. The van der Waals surface area contributed by atoms with E-state index in [-0.39, 0.29) is 11.9 Å². The lowest BCUT2D eigenvalue weighted by molar-refractivity contribution is -0.117. The summed E-state index contributed by atoms with van der Waals surface area (Å²) in [4.78, 5) is 12.4. The molecule has 1 N–H and O–H groups in total. The summed E-state index contributed by atoms with van der Waals surface area (Å²) in [7, 11) is 0. The van der Waals surface area contributed by atoms with E-state index < -0.39 is 0 Å². The Labute approximate surface area is 159 Å². The van der Waals surface area contributed by atoms with Crippen molar-refractivity contribution in [3.8, 4) is 5.75 Å². The van der Waals surface area contributed by atoms with Crippen LogP contribution in [0.2, 0.25) is 5.15 Å². The van der Waals surface area contributed by atoms with Gasteiger partial charge in [-0.2, -0.15) is 5.10 Å².